The average molecular weight is 485 g/mol. The first kappa shape index (κ1) is 23.8. The van der Waals surface area contributed by atoms with Gasteiger partial charge in [0.2, 0.25) is 5.95 Å². The number of hydrogen-bond acceptors (Lipinski definition) is 6. The molecule has 0 amide bonds. The van der Waals surface area contributed by atoms with Crippen LogP contribution in [-0.4, -0.2) is 64.7 Å². The van der Waals surface area contributed by atoms with Crippen molar-refractivity contribution in [1.82, 2.24) is 9.88 Å². The number of ether oxygens (including phenoxy) is 1. The minimum Gasteiger partial charge on any atom is -0.375 e. The maximum atomic E-state index is 15.7. The van der Waals surface area contributed by atoms with Crippen LogP contribution in [0.25, 0.3) is 0 Å². The molecule has 180 valence electrons. The fourth-order valence-electron chi connectivity index (χ4n) is 4.51. The van der Waals surface area contributed by atoms with Gasteiger partial charge in [-0.05, 0) is 57.5 Å². The normalized spacial score (nSPS) is 21.1. The van der Waals surface area contributed by atoms with Crippen LogP contribution in [0.2, 0.25) is 0 Å². The lowest BCUT2D eigenvalue weighted by Gasteiger charge is -2.32. The van der Waals surface area contributed by atoms with E-state index in [2.05, 4.69) is 4.98 Å². The van der Waals surface area contributed by atoms with E-state index in [-0.39, 0.29) is 17.3 Å². The number of pyridine rings is 1. The van der Waals surface area contributed by atoms with Gasteiger partial charge in [0.1, 0.15) is 11.6 Å². The molecule has 1 atom stereocenters. The molecule has 4 rings (SSSR count). The number of aromatic nitrogens is 1. The highest BCUT2D eigenvalue weighted by Crippen LogP contribution is 2.48. The van der Waals surface area contributed by atoms with Crippen LogP contribution >= 0.6 is 0 Å². The van der Waals surface area contributed by atoms with Crippen molar-refractivity contribution in [1.29, 1.82) is 0 Å². The Balaban J connectivity index is 1.72. The lowest BCUT2D eigenvalue weighted by molar-refractivity contribution is -0.0100. The molecule has 2 aromatic rings. The van der Waals surface area contributed by atoms with E-state index in [1.807, 2.05) is 28.6 Å². The Morgan fingerprint density at radius 2 is 2.00 bits per heavy atom. The molecule has 1 saturated heterocycles. The van der Waals surface area contributed by atoms with Crippen LogP contribution in [0.15, 0.2) is 29.2 Å². The van der Waals surface area contributed by atoms with Crippen LogP contribution in [0, 0.1) is 17.6 Å². The van der Waals surface area contributed by atoms with E-state index in [0.29, 0.717) is 44.6 Å². The molecular weight excluding hydrogens is 457 g/mol. The largest absolute Gasteiger partial charge is 0.375 e. The first-order valence-corrected chi connectivity index (χ1v) is 12.2. The first-order chi connectivity index (χ1) is 15.5. The van der Waals surface area contributed by atoms with Crippen molar-refractivity contribution in [2.75, 3.05) is 50.5 Å². The highest BCUT2D eigenvalue weighted by Gasteiger charge is 2.43. The molecule has 1 saturated carbocycles. The topological polar surface area (TPSA) is 74.8 Å². The maximum absolute atomic E-state index is 15.7. The van der Waals surface area contributed by atoms with Crippen molar-refractivity contribution in [2.45, 2.75) is 35.7 Å². The van der Waals surface area contributed by atoms with Crippen molar-refractivity contribution in [3.8, 4) is 0 Å². The van der Waals surface area contributed by atoms with Crippen molar-refractivity contribution in [2.24, 2.45) is 0 Å². The summed E-state index contributed by atoms with van der Waals surface area (Å²) in [6.07, 6.45) is 2.05. The lowest BCUT2D eigenvalue weighted by Crippen LogP contribution is -2.44. The van der Waals surface area contributed by atoms with E-state index >= 15 is 8.78 Å². The minimum absolute atomic E-state index is 0.187. The number of halogens is 3. The van der Waals surface area contributed by atoms with E-state index < -0.39 is 38.1 Å². The van der Waals surface area contributed by atoms with Crippen LogP contribution in [0.5, 0.6) is 0 Å². The molecular formula is C22H27F3N4O3S. The third kappa shape index (κ3) is 4.80. The zero-order chi connectivity index (χ0) is 24.0. The van der Waals surface area contributed by atoms with E-state index in [4.69, 9.17) is 4.74 Å². The Morgan fingerprint density at radius 1 is 1.27 bits per heavy atom. The highest BCUT2D eigenvalue weighted by molar-refractivity contribution is 7.92. The average Bonchev–Trinajstić information content (AvgIpc) is 3.46. The molecule has 1 aromatic heterocycles. The molecule has 0 bridgehead atoms. The van der Waals surface area contributed by atoms with Gasteiger partial charge in [0.15, 0.2) is 10.7 Å². The molecule has 0 spiro atoms. The van der Waals surface area contributed by atoms with Gasteiger partial charge in [-0.2, -0.15) is 4.39 Å². The molecule has 2 heterocycles. The number of sulfonamides is 1. The third-order valence-electron chi connectivity index (χ3n) is 6.09. The van der Waals surface area contributed by atoms with Crippen LogP contribution in [0.3, 0.4) is 0 Å². The summed E-state index contributed by atoms with van der Waals surface area (Å²) in [6, 6.07) is 4.57. The molecule has 1 aliphatic carbocycles. The monoisotopic (exact) mass is 484 g/mol. The number of nitrogens with zero attached hydrogens (tertiary/aromatic N) is 3. The molecule has 11 heteroatoms. The summed E-state index contributed by atoms with van der Waals surface area (Å²) < 4.78 is 77.7. The molecule has 0 radical (unpaired) electrons. The third-order valence-corrected chi connectivity index (χ3v) is 7.48. The van der Waals surface area contributed by atoms with Gasteiger partial charge < -0.3 is 14.5 Å². The Bertz CT molecular complexity index is 1160. The lowest BCUT2D eigenvalue weighted by atomic mass is 10.0. The summed E-state index contributed by atoms with van der Waals surface area (Å²) in [4.78, 5) is 6.20. The van der Waals surface area contributed by atoms with Crippen molar-refractivity contribution < 1.29 is 26.3 Å². The van der Waals surface area contributed by atoms with Crippen LogP contribution < -0.4 is 9.62 Å². The van der Waals surface area contributed by atoms with Gasteiger partial charge >= 0.3 is 0 Å². The highest BCUT2D eigenvalue weighted by atomic mass is 32.2. The quantitative estimate of drug-likeness (QED) is 0.580. The maximum Gasteiger partial charge on any atom is 0.268 e. The van der Waals surface area contributed by atoms with E-state index in [1.165, 1.54) is 12.1 Å². The Morgan fingerprint density at radius 3 is 2.61 bits per heavy atom. The molecule has 7 nitrogen and oxygen atoms in total. The minimum atomic E-state index is -4.68. The fourth-order valence-corrected chi connectivity index (χ4v) is 5.66. The number of likely N-dealkylation sites (N-methyl/N-ethyl adjacent to an activating group) is 1. The predicted octanol–water partition coefficient (Wildman–Crippen LogP) is 3.33. The molecule has 1 N–H and O–H groups in total. The molecule has 0 unspecified atom stereocenters. The summed E-state index contributed by atoms with van der Waals surface area (Å²) in [6.45, 7) is 1.59. The van der Waals surface area contributed by atoms with Crippen LogP contribution in [0.1, 0.15) is 30.7 Å². The second-order valence-corrected chi connectivity index (χ2v) is 10.6. The van der Waals surface area contributed by atoms with Crippen molar-refractivity contribution in [3.05, 3.63) is 47.4 Å². The van der Waals surface area contributed by atoms with E-state index in [9.17, 15) is 12.8 Å². The van der Waals surface area contributed by atoms with Gasteiger partial charge in [-0.3, -0.25) is 4.72 Å². The SMILES string of the molecule is CO[C@]1(CN(C)C)CCN(c2cc(F)c(S(=O)(=O)Nc3cccc(F)n3)c(F)c2C2CC2)C1. The number of hydrogen-bond donors (Lipinski definition) is 1. The zero-order valence-electron chi connectivity index (χ0n) is 18.7. The molecule has 33 heavy (non-hydrogen) atoms. The Labute approximate surface area is 191 Å². The van der Waals surface area contributed by atoms with Gasteiger partial charge in [0.25, 0.3) is 10.0 Å². The van der Waals surface area contributed by atoms with E-state index in [0.717, 1.165) is 12.1 Å². The van der Waals surface area contributed by atoms with Gasteiger partial charge in [0, 0.05) is 38.0 Å². The summed E-state index contributed by atoms with van der Waals surface area (Å²) in [5.74, 6) is -3.79. The Kier molecular flexibility index (Phi) is 6.32. The molecule has 1 aromatic carbocycles. The van der Waals surface area contributed by atoms with Gasteiger partial charge in [-0.15, -0.1) is 0 Å². The van der Waals surface area contributed by atoms with Crippen LogP contribution in [0.4, 0.5) is 24.7 Å². The molecule has 2 fully saturated rings. The number of rotatable bonds is 8. The number of anilines is 2. The number of nitrogens with one attached hydrogen (secondary N) is 1. The summed E-state index contributed by atoms with van der Waals surface area (Å²) in [7, 11) is 0.799. The number of benzene rings is 1. The first-order valence-electron chi connectivity index (χ1n) is 10.7. The standard InChI is InChI=1S/C22H27F3N4O3S/c1-28(2)12-22(32-3)9-10-29(13-22)16-11-15(23)21(20(25)19(16)14-7-8-14)33(30,31)27-18-6-4-5-17(24)26-18/h4-6,11,14H,7-10,12-13H2,1-3H3,(H,26,27)/t22-/m0/s1. The van der Waals surface area contributed by atoms with Crippen molar-refractivity contribution in [3.63, 3.8) is 0 Å². The van der Waals surface area contributed by atoms with Crippen molar-refractivity contribution >= 4 is 21.5 Å². The van der Waals surface area contributed by atoms with Gasteiger partial charge in [-0.1, -0.05) is 6.07 Å². The summed E-state index contributed by atoms with van der Waals surface area (Å²) in [5.41, 5.74) is 0.0563. The van der Waals surface area contributed by atoms with Gasteiger partial charge in [-0.25, -0.2) is 22.2 Å². The second-order valence-electron chi connectivity index (χ2n) is 8.96. The fraction of sp³-hybridized carbons (Fsp3) is 0.500. The van der Waals surface area contributed by atoms with E-state index in [1.54, 1.807) is 7.11 Å². The zero-order valence-corrected chi connectivity index (χ0v) is 19.6. The molecule has 1 aliphatic heterocycles. The second kappa shape index (κ2) is 8.77. The van der Waals surface area contributed by atoms with Crippen LogP contribution in [-0.2, 0) is 14.8 Å². The predicted molar refractivity (Wildman–Crippen MR) is 118 cm³/mol. The summed E-state index contributed by atoms with van der Waals surface area (Å²) in [5, 5.41) is 0. The molecule has 2 aliphatic rings. The smallest absolute Gasteiger partial charge is 0.268 e. The van der Waals surface area contributed by atoms with Gasteiger partial charge in [0.05, 0.1) is 5.60 Å². The summed E-state index contributed by atoms with van der Waals surface area (Å²) >= 11 is 0. The Hall–Kier alpha value is -2.37. The number of methoxy groups -OCH3 is 1.